The zero-order valence-corrected chi connectivity index (χ0v) is 16.9. The van der Waals surface area contributed by atoms with E-state index in [9.17, 15) is 18.4 Å². The maximum atomic E-state index is 14.4. The Morgan fingerprint density at radius 1 is 1.45 bits per heavy atom. The summed E-state index contributed by atoms with van der Waals surface area (Å²) in [6.45, 7) is 1.98. The number of rotatable bonds is 7. The van der Waals surface area contributed by atoms with Crippen molar-refractivity contribution >= 4 is 28.5 Å². The van der Waals surface area contributed by atoms with E-state index in [1.54, 1.807) is 6.92 Å². The molecule has 0 aliphatic rings. The summed E-state index contributed by atoms with van der Waals surface area (Å²) in [5.41, 5.74) is 5.30. The number of aromatic nitrogens is 2. The Balaban J connectivity index is 2.31. The van der Waals surface area contributed by atoms with E-state index in [1.807, 2.05) is 0 Å². The van der Waals surface area contributed by atoms with E-state index >= 15 is 0 Å². The van der Waals surface area contributed by atoms with Crippen LogP contribution in [0.25, 0.3) is 0 Å². The van der Waals surface area contributed by atoms with E-state index in [0.717, 1.165) is 18.5 Å². The summed E-state index contributed by atoms with van der Waals surface area (Å²) in [6, 6.07) is 2.20. The van der Waals surface area contributed by atoms with Gasteiger partial charge < -0.3 is 20.8 Å². The topological polar surface area (TPSA) is 122 Å². The van der Waals surface area contributed by atoms with Crippen molar-refractivity contribution in [3.8, 4) is 0 Å². The predicted octanol–water partition coefficient (Wildman–Crippen LogP) is 1.93. The van der Waals surface area contributed by atoms with Gasteiger partial charge in [0.1, 0.15) is 5.69 Å². The number of carbonyl (C=O) groups is 1. The van der Waals surface area contributed by atoms with Crippen molar-refractivity contribution in [2.75, 3.05) is 26.1 Å². The molecule has 0 radical (unpaired) electrons. The Kier molecular flexibility index (Phi) is 7.46. The minimum Gasteiger partial charge on any atom is -0.383 e. The molecule has 1 aromatic heterocycles. The van der Waals surface area contributed by atoms with Crippen LogP contribution < -0.4 is 16.6 Å². The van der Waals surface area contributed by atoms with Crippen LogP contribution in [0.15, 0.2) is 34.3 Å². The first-order valence-corrected chi connectivity index (χ1v) is 9.23. The molecule has 0 aliphatic carbocycles. The van der Waals surface area contributed by atoms with E-state index in [-0.39, 0.29) is 35.1 Å². The lowest BCUT2D eigenvalue weighted by Crippen LogP contribution is -2.33. The van der Waals surface area contributed by atoms with Crippen molar-refractivity contribution in [1.82, 2.24) is 9.97 Å². The molecule has 0 bridgehead atoms. The SMILES string of the molecule is CN=C(N)S[C@@](C)(COC)Cc1cc(NC(=O)c2c[nH]c(=O)cn2)cc(F)c1F. The van der Waals surface area contributed by atoms with Gasteiger partial charge in [-0.25, -0.2) is 13.8 Å². The third-order valence-corrected chi connectivity index (χ3v) is 5.00. The van der Waals surface area contributed by atoms with Gasteiger partial charge in [0.05, 0.1) is 12.8 Å². The average Bonchev–Trinajstić information content (AvgIpc) is 2.66. The van der Waals surface area contributed by atoms with Crippen LogP contribution in [0.2, 0.25) is 0 Å². The standard InChI is InChI=1S/C18H21F2N5O3S/c1-18(9-28-3,29-17(21)22-2)6-10-4-11(5-12(19)15(10)20)25-16(27)13-7-24-14(26)8-23-13/h4-5,7-8H,6,9H2,1-3H3,(H2,21,22)(H,24,26)(H,25,27)/t18-/m1/s1. The molecule has 0 spiro atoms. The number of nitrogens with two attached hydrogens (primary N) is 1. The number of carbonyl (C=O) groups excluding carboxylic acids is 1. The van der Waals surface area contributed by atoms with Gasteiger partial charge in [-0.05, 0) is 25.0 Å². The number of nitrogens with one attached hydrogen (secondary N) is 2. The van der Waals surface area contributed by atoms with Gasteiger partial charge in [0, 0.05) is 36.9 Å². The number of aliphatic imine (C=N–C) groups is 1. The minimum atomic E-state index is -1.12. The summed E-state index contributed by atoms with van der Waals surface area (Å²) in [5.74, 6) is -2.83. The molecule has 1 aromatic carbocycles. The van der Waals surface area contributed by atoms with Gasteiger partial charge in [-0.15, -0.1) is 0 Å². The van der Waals surface area contributed by atoms with Gasteiger partial charge in [-0.1, -0.05) is 11.8 Å². The predicted molar refractivity (Wildman–Crippen MR) is 108 cm³/mol. The molecule has 1 heterocycles. The summed E-state index contributed by atoms with van der Waals surface area (Å²) in [7, 11) is 3.01. The van der Waals surface area contributed by atoms with Crippen LogP contribution in [0.5, 0.6) is 0 Å². The molecule has 0 saturated carbocycles. The van der Waals surface area contributed by atoms with Crippen LogP contribution >= 0.6 is 11.8 Å². The van der Waals surface area contributed by atoms with Crippen molar-refractivity contribution in [2.24, 2.45) is 10.7 Å². The fourth-order valence-corrected chi connectivity index (χ4v) is 3.63. The van der Waals surface area contributed by atoms with Crippen LogP contribution in [0.1, 0.15) is 23.0 Å². The summed E-state index contributed by atoms with van der Waals surface area (Å²) in [5, 5.41) is 2.72. The first kappa shape index (κ1) is 22.5. The smallest absolute Gasteiger partial charge is 0.275 e. The molecule has 1 atom stereocenters. The molecule has 0 saturated heterocycles. The highest BCUT2D eigenvalue weighted by Crippen LogP contribution is 2.32. The van der Waals surface area contributed by atoms with Crippen LogP contribution in [0, 0.1) is 11.6 Å². The number of aromatic amines is 1. The average molecular weight is 425 g/mol. The maximum Gasteiger partial charge on any atom is 0.275 e. The lowest BCUT2D eigenvalue weighted by molar-refractivity contribution is 0.102. The van der Waals surface area contributed by atoms with Gasteiger partial charge in [-0.3, -0.25) is 14.6 Å². The molecule has 8 nitrogen and oxygen atoms in total. The zero-order valence-electron chi connectivity index (χ0n) is 16.1. The van der Waals surface area contributed by atoms with Crippen molar-refractivity contribution in [3.63, 3.8) is 0 Å². The number of hydrogen-bond acceptors (Lipinski definition) is 6. The summed E-state index contributed by atoms with van der Waals surface area (Å²) in [4.78, 5) is 33.2. The number of nitrogens with zero attached hydrogens (tertiary/aromatic N) is 2. The van der Waals surface area contributed by atoms with Crippen LogP contribution in [-0.4, -0.2) is 46.6 Å². The van der Waals surface area contributed by atoms with Crippen LogP contribution in [0.3, 0.4) is 0 Å². The van der Waals surface area contributed by atoms with Gasteiger partial charge in [0.2, 0.25) is 0 Å². The van der Waals surface area contributed by atoms with Gasteiger partial charge in [-0.2, -0.15) is 0 Å². The molecular weight excluding hydrogens is 404 g/mol. The highest BCUT2D eigenvalue weighted by molar-refractivity contribution is 8.15. The number of benzene rings is 1. The number of hydrogen-bond donors (Lipinski definition) is 3. The normalized spacial score (nSPS) is 13.8. The summed E-state index contributed by atoms with van der Waals surface area (Å²) in [6.07, 6.45) is 2.13. The van der Waals surface area contributed by atoms with E-state index in [1.165, 1.54) is 32.0 Å². The number of amides is 1. The largest absolute Gasteiger partial charge is 0.383 e. The van der Waals surface area contributed by atoms with Crippen LogP contribution in [-0.2, 0) is 11.2 Å². The van der Waals surface area contributed by atoms with E-state index in [2.05, 4.69) is 20.3 Å². The molecule has 2 rings (SSSR count). The molecular formula is C18H21F2N5O3S. The second-order valence-electron chi connectivity index (χ2n) is 6.41. The van der Waals surface area contributed by atoms with Crippen molar-refractivity contribution in [3.05, 3.63) is 57.8 Å². The van der Waals surface area contributed by atoms with Gasteiger partial charge in [0.25, 0.3) is 11.5 Å². The highest BCUT2D eigenvalue weighted by Gasteiger charge is 2.29. The Labute approximate surface area is 170 Å². The lowest BCUT2D eigenvalue weighted by atomic mass is 9.99. The molecule has 11 heteroatoms. The molecule has 29 heavy (non-hydrogen) atoms. The van der Waals surface area contributed by atoms with Crippen molar-refractivity contribution in [1.29, 1.82) is 0 Å². The van der Waals surface area contributed by atoms with E-state index in [4.69, 9.17) is 10.5 Å². The Morgan fingerprint density at radius 3 is 2.76 bits per heavy atom. The van der Waals surface area contributed by atoms with Gasteiger partial charge in [0.15, 0.2) is 16.8 Å². The first-order valence-electron chi connectivity index (χ1n) is 8.41. The molecule has 0 fully saturated rings. The molecule has 2 aromatic rings. The molecule has 1 amide bonds. The number of thioether (sulfide) groups is 1. The fourth-order valence-electron chi connectivity index (χ4n) is 2.63. The van der Waals surface area contributed by atoms with E-state index in [0.29, 0.717) is 0 Å². The maximum absolute atomic E-state index is 14.4. The van der Waals surface area contributed by atoms with Crippen molar-refractivity contribution < 1.29 is 18.3 Å². The second-order valence-corrected chi connectivity index (χ2v) is 8.01. The van der Waals surface area contributed by atoms with Gasteiger partial charge >= 0.3 is 0 Å². The first-order chi connectivity index (χ1) is 13.7. The summed E-state index contributed by atoms with van der Waals surface area (Å²) >= 11 is 1.18. The number of halogens is 2. The molecule has 0 unspecified atom stereocenters. The summed E-state index contributed by atoms with van der Waals surface area (Å²) < 4.78 is 33.1. The molecule has 4 N–H and O–H groups in total. The number of methoxy groups -OCH3 is 1. The Hall–Kier alpha value is -2.79. The number of H-pyrrole nitrogens is 1. The molecule has 156 valence electrons. The van der Waals surface area contributed by atoms with Crippen LogP contribution in [0.4, 0.5) is 14.5 Å². The highest BCUT2D eigenvalue weighted by atomic mass is 32.2. The van der Waals surface area contributed by atoms with Crippen molar-refractivity contribution in [2.45, 2.75) is 18.1 Å². The number of amidine groups is 1. The fraction of sp³-hybridized carbons (Fsp3) is 0.333. The van der Waals surface area contributed by atoms with E-state index < -0.39 is 27.8 Å². The third kappa shape index (κ3) is 6.09. The second kappa shape index (κ2) is 9.61. The molecule has 0 aliphatic heterocycles. The minimum absolute atomic E-state index is 0.0330. The lowest BCUT2D eigenvalue weighted by Gasteiger charge is -2.28. The number of anilines is 1. The third-order valence-electron chi connectivity index (χ3n) is 3.85. The Bertz CT molecular complexity index is 962. The zero-order chi connectivity index (χ0) is 21.6. The monoisotopic (exact) mass is 425 g/mol. The number of ether oxygens (including phenoxy) is 1. The Morgan fingerprint density at radius 2 is 2.17 bits per heavy atom. The quantitative estimate of drug-likeness (QED) is 0.460.